The maximum atomic E-state index is 10.1. The van der Waals surface area contributed by atoms with E-state index in [1.165, 1.54) is 0 Å². The Morgan fingerprint density at radius 3 is 2.22 bits per heavy atom. The summed E-state index contributed by atoms with van der Waals surface area (Å²) in [4.78, 5) is 19.7. The molecule has 0 bridgehead atoms. The molecule has 0 saturated carbocycles. The van der Waals surface area contributed by atoms with Crippen molar-refractivity contribution >= 4 is 12.3 Å². The minimum Gasteiger partial charge on any atom is -0.465 e. The number of rotatable bonds is 2. The molecule has 0 fully saturated rings. The Bertz CT molecular complexity index is 127. The van der Waals surface area contributed by atoms with E-state index in [1.807, 2.05) is 0 Å². The summed E-state index contributed by atoms with van der Waals surface area (Å²) in [6.07, 6.45) is -0.321. The molecule has 0 atom stereocenters. The molecule has 0 heterocycles. The van der Waals surface area contributed by atoms with Gasteiger partial charge in [0.2, 0.25) is 0 Å². The predicted octanol–water partition coefficient (Wildman–Crippen LogP) is -1.96. The van der Waals surface area contributed by atoms with Crippen molar-refractivity contribution in [2.75, 3.05) is 7.11 Å². The summed E-state index contributed by atoms with van der Waals surface area (Å²) in [5.74, 6) is -4.38. The summed E-state index contributed by atoms with van der Waals surface area (Å²) in [7, 11) is 0.938. The number of hydrogen-bond acceptors (Lipinski definition) is 5. The molecule has 0 aliphatic heterocycles. The number of ether oxygens (including phenoxy) is 1. The van der Waals surface area contributed by atoms with E-state index in [4.69, 9.17) is 10.2 Å². The van der Waals surface area contributed by atoms with Crippen LogP contribution in [0.2, 0.25) is 0 Å². The lowest BCUT2D eigenvalue weighted by molar-refractivity contribution is -0.199. The third-order valence-electron chi connectivity index (χ3n) is 0.650. The number of carbonyl (C=O) groups excluding carboxylic acids is 2. The van der Waals surface area contributed by atoms with Crippen molar-refractivity contribution in [3.63, 3.8) is 0 Å². The average Bonchev–Trinajstić information content (AvgIpc) is 1.86. The molecule has 9 heavy (non-hydrogen) atoms. The van der Waals surface area contributed by atoms with Gasteiger partial charge in [0.25, 0.3) is 0 Å². The minimum atomic E-state index is -2.99. The van der Waals surface area contributed by atoms with Crippen molar-refractivity contribution in [1.82, 2.24) is 0 Å². The largest absolute Gasteiger partial charge is 0.465 e. The standard InChI is InChI=1S/C4H6O5/c1-9-3(6)4(7,8)2-5/h2,7-8H,1H3. The first-order valence-corrected chi connectivity index (χ1v) is 2.04. The molecule has 0 spiro atoms. The SMILES string of the molecule is COC(=O)C(O)(O)C=O. The van der Waals surface area contributed by atoms with Gasteiger partial charge in [0.15, 0.2) is 6.29 Å². The molecule has 0 unspecified atom stereocenters. The van der Waals surface area contributed by atoms with Gasteiger partial charge in [-0.2, -0.15) is 0 Å². The van der Waals surface area contributed by atoms with Gasteiger partial charge in [-0.15, -0.1) is 0 Å². The number of hydrogen-bond donors (Lipinski definition) is 2. The molecule has 0 aromatic carbocycles. The quantitative estimate of drug-likeness (QED) is 0.198. The highest BCUT2D eigenvalue weighted by Gasteiger charge is 2.33. The van der Waals surface area contributed by atoms with E-state index in [-0.39, 0.29) is 6.29 Å². The molecule has 0 aliphatic carbocycles. The Morgan fingerprint density at radius 2 is 2.11 bits per heavy atom. The van der Waals surface area contributed by atoms with Crippen LogP contribution in [0.1, 0.15) is 0 Å². The van der Waals surface area contributed by atoms with Crippen LogP contribution in [0.5, 0.6) is 0 Å². The molecular weight excluding hydrogens is 128 g/mol. The van der Waals surface area contributed by atoms with E-state index in [2.05, 4.69) is 4.74 Å². The van der Waals surface area contributed by atoms with Crippen molar-refractivity contribution in [3.8, 4) is 0 Å². The molecule has 0 saturated heterocycles. The van der Waals surface area contributed by atoms with Crippen LogP contribution in [0, 0.1) is 0 Å². The second-order valence-electron chi connectivity index (χ2n) is 1.34. The van der Waals surface area contributed by atoms with E-state index in [1.54, 1.807) is 0 Å². The minimum absolute atomic E-state index is 0.321. The van der Waals surface area contributed by atoms with E-state index in [9.17, 15) is 9.59 Å². The molecule has 0 rings (SSSR count). The summed E-state index contributed by atoms with van der Waals surface area (Å²) in [6.45, 7) is 0. The number of esters is 1. The van der Waals surface area contributed by atoms with E-state index >= 15 is 0 Å². The second kappa shape index (κ2) is 2.56. The lowest BCUT2D eigenvalue weighted by Gasteiger charge is -2.08. The van der Waals surface area contributed by atoms with Crippen LogP contribution in [-0.4, -0.2) is 35.4 Å². The zero-order chi connectivity index (χ0) is 7.49. The molecule has 0 aliphatic rings. The average molecular weight is 134 g/mol. The lowest BCUT2D eigenvalue weighted by Crippen LogP contribution is -2.40. The van der Waals surface area contributed by atoms with Crippen LogP contribution in [0.25, 0.3) is 0 Å². The van der Waals surface area contributed by atoms with Crippen LogP contribution in [0.3, 0.4) is 0 Å². The highest BCUT2D eigenvalue weighted by atomic mass is 16.6. The van der Waals surface area contributed by atoms with E-state index < -0.39 is 11.8 Å². The van der Waals surface area contributed by atoms with Gasteiger partial charge >= 0.3 is 11.8 Å². The van der Waals surface area contributed by atoms with Crippen LogP contribution in [0.15, 0.2) is 0 Å². The van der Waals surface area contributed by atoms with Crippen LogP contribution >= 0.6 is 0 Å². The number of aliphatic hydroxyl groups is 2. The fourth-order valence-electron chi connectivity index (χ4n) is 0.198. The first-order chi connectivity index (χ1) is 4.04. The molecule has 5 nitrogen and oxygen atoms in total. The van der Waals surface area contributed by atoms with Gasteiger partial charge < -0.3 is 14.9 Å². The van der Waals surface area contributed by atoms with Gasteiger partial charge in [-0.1, -0.05) is 0 Å². The van der Waals surface area contributed by atoms with E-state index in [0.29, 0.717) is 0 Å². The molecule has 52 valence electrons. The fourth-order valence-corrected chi connectivity index (χ4v) is 0.198. The van der Waals surface area contributed by atoms with Crippen LogP contribution < -0.4 is 0 Å². The van der Waals surface area contributed by atoms with Gasteiger partial charge in [0.1, 0.15) is 0 Å². The Balaban J connectivity index is 4.14. The second-order valence-corrected chi connectivity index (χ2v) is 1.34. The molecule has 5 heteroatoms. The summed E-state index contributed by atoms with van der Waals surface area (Å²) < 4.78 is 3.84. The Morgan fingerprint density at radius 1 is 1.67 bits per heavy atom. The van der Waals surface area contributed by atoms with Gasteiger partial charge in [0, 0.05) is 0 Å². The summed E-state index contributed by atoms with van der Waals surface area (Å²) >= 11 is 0. The predicted molar refractivity (Wildman–Crippen MR) is 25.2 cm³/mol. The highest BCUT2D eigenvalue weighted by Crippen LogP contribution is 1.95. The molecule has 0 aromatic rings. The third kappa shape index (κ3) is 1.79. The van der Waals surface area contributed by atoms with Gasteiger partial charge in [-0.3, -0.25) is 4.79 Å². The summed E-state index contributed by atoms with van der Waals surface area (Å²) in [6, 6.07) is 0. The molecule has 0 radical (unpaired) electrons. The van der Waals surface area contributed by atoms with Gasteiger partial charge in [0.05, 0.1) is 7.11 Å². The molecule has 0 amide bonds. The summed E-state index contributed by atoms with van der Waals surface area (Å²) in [5, 5.41) is 16.6. The van der Waals surface area contributed by atoms with Crippen molar-refractivity contribution in [2.45, 2.75) is 5.79 Å². The molecular formula is C4H6O5. The fraction of sp³-hybridized carbons (Fsp3) is 0.500. The van der Waals surface area contributed by atoms with E-state index in [0.717, 1.165) is 7.11 Å². The zero-order valence-corrected chi connectivity index (χ0v) is 4.70. The summed E-state index contributed by atoms with van der Waals surface area (Å²) in [5.41, 5.74) is 0. The maximum Gasteiger partial charge on any atom is 0.374 e. The van der Waals surface area contributed by atoms with Crippen LogP contribution in [0.4, 0.5) is 0 Å². The Hall–Kier alpha value is -0.940. The Kier molecular flexibility index (Phi) is 2.29. The normalized spacial score (nSPS) is 10.6. The highest BCUT2D eigenvalue weighted by molar-refractivity contribution is 5.93. The lowest BCUT2D eigenvalue weighted by atomic mass is 10.3. The molecule has 2 N–H and O–H groups in total. The van der Waals surface area contributed by atoms with Gasteiger partial charge in [-0.05, 0) is 0 Å². The first kappa shape index (κ1) is 8.06. The maximum absolute atomic E-state index is 10.1. The molecule has 0 aromatic heterocycles. The zero-order valence-electron chi connectivity index (χ0n) is 4.70. The van der Waals surface area contributed by atoms with Crippen molar-refractivity contribution in [2.24, 2.45) is 0 Å². The van der Waals surface area contributed by atoms with Crippen molar-refractivity contribution in [3.05, 3.63) is 0 Å². The third-order valence-corrected chi connectivity index (χ3v) is 0.650. The number of carbonyl (C=O) groups is 2. The van der Waals surface area contributed by atoms with Crippen molar-refractivity contribution < 1.29 is 24.5 Å². The monoisotopic (exact) mass is 134 g/mol. The first-order valence-electron chi connectivity index (χ1n) is 2.04. The topological polar surface area (TPSA) is 83.8 Å². The van der Waals surface area contributed by atoms with Gasteiger partial charge in [-0.25, -0.2) is 4.79 Å². The van der Waals surface area contributed by atoms with Crippen molar-refractivity contribution in [1.29, 1.82) is 0 Å². The van der Waals surface area contributed by atoms with Crippen LogP contribution in [-0.2, 0) is 14.3 Å². The smallest absolute Gasteiger partial charge is 0.374 e. The number of aldehydes is 1. The number of methoxy groups -OCH3 is 1. The Labute approximate surface area is 50.9 Å².